The minimum atomic E-state index is -0.544. The molecule has 0 spiro atoms. The Hall–Kier alpha value is -1.20. The molecule has 0 saturated heterocycles. The van der Waals surface area contributed by atoms with Gasteiger partial charge in [-0.15, -0.1) is 0 Å². The Morgan fingerprint density at radius 2 is 2.00 bits per heavy atom. The SMILES string of the molecule is O=C(Nc1cccc(CCCBr)c1)c1ccc(Br)cc1F. The van der Waals surface area contributed by atoms with E-state index in [4.69, 9.17) is 0 Å². The highest BCUT2D eigenvalue weighted by Gasteiger charge is 2.12. The Balaban J connectivity index is 2.12. The van der Waals surface area contributed by atoms with Crippen LogP contribution in [-0.2, 0) is 6.42 Å². The second-order valence-corrected chi connectivity index (χ2v) is 6.28. The summed E-state index contributed by atoms with van der Waals surface area (Å²) in [6.07, 6.45) is 1.96. The lowest BCUT2D eigenvalue weighted by molar-refractivity contribution is 0.102. The topological polar surface area (TPSA) is 29.1 Å². The van der Waals surface area contributed by atoms with E-state index in [0.29, 0.717) is 10.2 Å². The van der Waals surface area contributed by atoms with Crippen molar-refractivity contribution in [1.29, 1.82) is 0 Å². The number of carbonyl (C=O) groups excluding carboxylic acids is 1. The van der Waals surface area contributed by atoms with Gasteiger partial charge in [-0.2, -0.15) is 0 Å². The summed E-state index contributed by atoms with van der Waals surface area (Å²) in [5.74, 6) is -0.991. The van der Waals surface area contributed by atoms with Crippen LogP contribution in [0.15, 0.2) is 46.9 Å². The van der Waals surface area contributed by atoms with E-state index < -0.39 is 11.7 Å². The third-order valence-corrected chi connectivity index (χ3v) is 4.01. The Morgan fingerprint density at radius 1 is 1.19 bits per heavy atom. The van der Waals surface area contributed by atoms with Gasteiger partial charge in [0.2, 0.25) is 0 Å². The van der Waals surface area contributed by atoms with E-state index in [1.807, 2.05) is 18.2 Å². The van der Waals surface area contributed by atoms with Crippen molar-refractivity contribution in [3.8, 4) is 0 Å². The number of benzene rings is 2. The van der Waals surface area contributed by atoms with Crippen molar-refractivity contribution in [2.45, 2.75) is 12.8 Å². The molecule has 0 aliphatic carbocycles. The van der Waals surface area contributed by atoms with Crippen molar-refractivity contribution in [2.24, 2.45) is 0 Å². The van der Waals surface area contributed by atoms with Gasteiger partial charge in [0, 0.05) is 15.5 Å². The lowest BCUT2D eigenvalue weighted by Gasteiger charge is -2.08. The zero-order valence-electron chi connectivity index (χ0n) is 11.2. The highest BCUT2D eigenvalue weighted by atomic mass is 79.9. The second kappa shape index (κ2) is 7.71. The average molecular weight is 415 g/mol. The van der Waals surface area contributed by atoms with Gasteiger partial charge in [-0.05, 0) is 48.7 Å². The summed E-state index contributed by atoms with van der Waals surface area (Å²) < 4.78 is 14.4. The van der Waals surface area contributed by atoms with Gasteiger partial charge in [-0.25, -0.2) is 4.39 Å². The van der Waals surface area contributed by atoms with E-state index in [0.717, 1.165) is 23.7 Å². The Bertz CT molecular complexity index is 646. The number of rotatable bonds is 5. The van der Waals surface area contributed by atoms with Crippen LogP contribution in [0.2, 0.25) is 0 Å². The normalized spacial score (nSPS) is 10.4. The van der Waals surface area contributed by atoms with Crippen LogP contribution in [0, 0.1) is 5.82 Å². The number of alkyl halides is 1. The Morgan fingerprint density at radius 3 is 2.71 bits per heavy atom. The molecular formula is C16H14Br2FNO. The molecule has 0 aromatic heterocycles. The van der Waals surface area contributed by atoms with Crippen molar-refractivity contribution >= 4 is 43.5 Å². The van der Waals surface area contributed by atoms with E-state index >= 15 is 0 Å². The molecule has 2 rings (SSSR count). The zero-order valence-corrected chi connectivity index (χ0v) is 14.4. The number of aryl methyl sites for hydroxylation is 1. The number of hydrogen-bond acceptors (Lipinski definition) is 1. The lowest BCUT2D eigenvalue weighted by atomic mass is 10.1. The largest absolute Gasteiger partial charge is 0.322 e. The first-order valence-electron chi connectivity index (χ1n) is 6.51. The van der Waals surface area contributed by atoms with Crippen molar-refractivity contribution in [3.63, 3.8) is 0 Å². The fourth-order valence-corrected chi connectivity index (χ4v) is 2.56. The second-order valence-electron chi connectivity index (χ2n) is 4.57. The molecule has 0 aliphatic heterocycles. The van der Waals surface area contributed by atoms with Gasteiger partial charge in [0.25, 0.3) is 5.91 Å². The summed E-state index contributed by atoms with van der Waals surface area (Å²) in [7, 11) is 0. The molecule has 1 amide bonds. The zero-order chi connectivity index (χ0) is 15.2. The number of amides is 1. The number of anilines is 1. The van der Waals surface area contributed by atoms with Crippen molar-refractivity contribution < 1.29 is 9.18 Å². The number of halogens is 3. The van der Waals surface area contributed by atoms with Crippen LogP contribution in [-0.4, -0.2) is 11.2 Å². The molecule has 0 heterocycles. The third-order valence-electron chi connectivity index (χ3n) is 2.96. The summed E-state index contributed by atoms with van der Waals surface area (Å²) in [5.41, 5.74) is 1.85. The van der Waals surface area contributed by atoms with Gasteiger partial charge < -0.3 is 5.32 Å². The number of carbonyl (C=O) groups is 1. The molecule has 0 aliphatic rings. The smallest absolute Gasteiger partial charge is 0.258 e. The van der Waals surface area contributed by atoms with Gasteiger partial charge in [0.15, 0.2) is 0 Å². The predicted octanol–water partition coefficient (Wildman–Crippen LogP) is 5.17. The summed E-state index contributed by atoms with van der Waals surface area (Å²) in [4.78, 5) is 12.1. The molecule has 2 nitrogen and oxygen atoms in total. The molecule has 0 bridgehead atoms. The van der Waals surface area contributed by atoms with E-state index in [1.54, 1.807) is 12.1 Å². The van der Waals surface area contributed by atoms with Crippen LogP contribution in [0.1, 0.15) is 22.3 Å². The van der Waals surface area contributed by atoms with Crippen molar-refractivity contribution in [1.82, 2.24) is 0 Å². The first-order chi connectivity index (χ1) is 10.1. The fourth-order valence-electron chi connectivity index (χ4n) is 1.95. The van der Waals surface area contributed by atoms with E-state index in [1.165, 1.54) is 12.1 Å². The Labute approximate surface area is 140 Å². The third kappa shape index (κ3) is 4.64. The predicted molar refractivity (Wildman–Crippen MR) is 90.6 cm³/mol. The van der Waals surface area contributed by atoms with Gasteiger partial charge in [0.1, 0.15) is 5.82 Å². The summed E-state index contributed by atoms with van der Waals surface area (Å²) >= 11 is 6.57. The maximum Gasteiger partial charge on any atom is 0.258 e. The van der Waals surface area contributed by atoms with Crippen molar-refractivity contribution in [3.05, 3.63) is 63.9 Å². The van der Waals surface area contributed by atoms with E-state index in [2.05, 4.69) is 37.2 Å². The molecule has 0 unspecified atom stereocenters. The highest BCUT2D eigenvalue weighted by Crippen LogP contribution is 2.18. The molecular weight excluding hydrogens is 401 g/mol. The van der Waals surface area contributed by atoms with Crippen molar-refractivity contribution in [2.75, 3.05) is 10.6 Å². The van der Waals surface area contributed by atoms with Gasteiger partial charge >= 0.3 is 0 Å². The summed E-state index contributed by atoms with van der Waals surface area (Å²) in [6.45, 7) is 0. The molecule has 0 atom stereocenters. The molecule has 0 saturated carbocycles. The summed E-state index contributed by atoms with van der Waals surface area (Å²) in [6, 6.07) is 12.0. The Kier molecular flexibility index (Phi) is 5.94. The van der Waals surface area contributed by atoms with Crippen LogP contribution in [0.4, 0.5) is 10.1 Å². The molecule has 2 aromatic carbocycles. The standard InChI is InChI=1S/C16H14Br2FNO/c17-8-2-4-11-3-1-5-13(9-11)20-16(21)14-7-6-12(18)10-15(14)19/h1,3,5-7,9-10H,2,4,8H2,(H,20,21). The number of nitrogens with one attached hydrogen (secondary N) is 1. The quantitative estimate of drug-likeness (QED) is 0.672. The van der Waals surface area contributed by atoms with Gasteiger partial charge in [-0.3, -0.25) is 4.79 Å². The van der Waals surface area contributed by atoms with Gasteiger partial charge in [-0.1, -0.05) is 44.0 Å². The molecule has 21 heavy (non-hydrogen) atoms. The fraction of sp³-hybridized carbons (Fsp3) is 0.188. The molecule has 1 N–H and O–H groups in total. The minimum absolute atomic E-state index is 0.0315. The first kappa shape index (κ1) is 16.2. The first-order valence-corrected chi connectivity index (χ1v) is 8.43. The minimum Gasteiger partial charge on any atom is -0.322 e. The van der Waals surface area contributed by atoms with Crippen LogP contribution in [0.5, 0.6) is 0 Å². The highest BCUT2D eigenvalue weighted by molar-refractivity contribution is 9.10. The average Bonchev–Trinajstić information content (AvgIpc) is 2.45. The van der Waals surface area contributed by atoms with Crippen LogP contribution < -0.4 is 5.32 Å². The van der Waals surface area contributed by atoms with Crippen LogP contribution in [0.25, 0.3) is 0 Å². The van der Waals surface area contributed by atoms with Gasteiger partial charge in [0.05, 0.1) is 5.56 Å². The maximum atomic E-state index is 13.8. The molecule has 0 fully saturated rings. The van der Waals surface area contributed by atoms with E-state index in [9.17, 15) is 9.18 Å². The van der Waals surface area contributed by atoms with Crippen LogP contribution in [0.3, 0.4) is 0 Å². The van der Waals surface area contributed by atoms with Crippen LogP contribution >= 0.6 is 31.9 Å². The summed E-state index contributed by atoms with van der Waals surface area (Å²) in [5, 5.41) is 3.67. The molecule has 110 valence electrons. The maximum absolute atomic E-state index is 13.8. The molecule has 2 aromatic rings. The lowest BCUT2D eigenvalue weighted by Crippen LogP contribution is -2.13. The molecule has 5 heteroatoms. The van der Waals surface area contributed by atoms with E-state index in [-0.39, 0.29) is 5.56 Å². The number of hydrogen-bond donors (Lipinski definition) is 1. The monoisotopic (exact) mass is 413 g/mol. The molecule has 0 radical (unpaired) electrons.